The topological polar surface area (TPSA) is 152 Å². The number of benzene rings is 1. The third-order valence-corrected chi connectivity index (χ3v) is 7.31. The van der Waals surface area contributed by atoms with E-state index >= 15 is 0 Å². The van der Waals surface area contributed by atoms with E-state index < -0.39 is 60.0 Å². The second-order valence-electron chi connectivity index (χ2n) is 11.0. The first-order chi connectivity index (χ1) is 19.8. The van der Waals surface area contributed by atoms with Gasteiger partial charge in [-0.05, 0) is 63.1 Å². The van der Waals surface area contributed by atoms with Gasteiger partial charge in [0.25, 0.3) is 5.91 Å². The van der Waals surface area contributed by atoms with E-state index in [1.165, 1.54) is 30.7 Å². The highest BCUT2D eigenvalue weighted by atomic mass is 16.6. The van der Waals surface area contributed by atoms with Crippen molar-refractivity contribution in [2.24, 2.45) is 5.92 Å². The van der Waals surface area contributed by atoms with E-state index in [0.717, 1.165) is 12.7 Å². The molecule has 1 heterocycles. The first-order valence-electron chi connectivity index (χ1n) is 14.3. The second-order valence-corrected chi connectivity index (χ2v) is 11.0. The van der Waals surface area contributed by atoms with E-state index in [1.54, 1.807) is 19.2 Å². The number of carbonyl (C=O) groups excluding carboxylic acids is 5. The zero-order valence-electron chi connectivity index (χ0n) is 25.6. The quantitative estimate of drug-likeness (QED) is 0.306. The number of methoxy groups -OCH3 is 2. The van der Waals surface area contributed by atoms with E-state index in [4.69, 9.17) is 14.2 Å². The van der Waals surface area contributed by atoms with Crippen LogP contribution in [0.3, 0.4) is 0 Å². The number of aryl methyl sites for hydroxylation is 1. The molecule has 1 aromatic carbocycles. The van der Waals surface area contributed by atoms with Crippen LogP contribution in [-0.4, -0.2) is 103 Å². The Labute approximate surface area is 247 Å². The third kappa shape index (κ3) is 9.43. The molecule has 0 radical (unpaired) electrons. The van der Waals surface area contributed by atoms with Gasteiger partial charge in [-0.2, -0.15) is 0 Å². The standard InChI is InChI=1S/C30H45N3O9/c1-18(2)17-24(32(5)29(38)23-9-8-16-33(23)28(37)19(3)34)27(36)31-26(30(39)41-7)20(4)42-25(35)15-12-21-10-13-22(40-6)14-11-21/h10-11,13-14,18-20,23-24,26,34H,8-9,12,15-17H2,1-7H3,(H,31,36)/t19-,20+,23+,24-,26+/m1/s1. The highest BCUT2D eigenvalue weighted by Crippen LogP contribution is 2.23. The van der Waals surface area contributed by atoms with Gasteiger partial charge in [0, 0.05) is 20.0 Å². The number of ether oxygens (including phenoxy) is 3. The number of hydrogen-bond acceptors (Lipinski definition) is 9. The Morgan fingerprint density at radius 2 is 1.71 bits per heavy atom. The van der Waals surface area contributed by atoms with Gasteiger partial charge in [-0.1, -0.05) is 26.0 Å². The Morgan fingerprint density at radius 1 is 1.07 bits per heavy atom. The molecule has 5 atom stereocenters. The Kier molecular flexibility index (Phi) is 13.2. The van der Waals surface area contributed by atoms with Crippen LogP contribution in [0.4, 0.5) is 0 Å². The van der Waals surface area contributed by atoms with Gasteiger partial charge in [0.2, 0.25) is 11.8 Å². The SMILES string of the molecule is COC(=O)[C@@H](NC(=O)[C@@H](CC(C)C)N(C)C(=O)[C@@H]1CCCN1C(=O)[C@@H](C)O)[C@H](C)OC(=O)CCc1ccc(OC)cc1. The van der Waals surface area contributed by atoms with E-state index in [1.807, 2.05) is 26.0 Å². The molecule has 1 aromatic rings. The average molecular weight is 592 g/mol. The number of rotatable bonds is 14. The van der Waals surface area contributed by atoms with Crippen LogP contribution in [0.1, 0.15) is 58.9 Å². The monoisotopic (exact) mass is 591 g/mol. The van der Waals surface area contributed by atoms with Crippen molar-refractivity contribution in [3.63, 3.8) is 0 Å². The maximum absolute atomic E-state index is 13.6. The highest BCUT2D eigenvalue weighted by Gasteiger charge is 2.41. The maximum Gasteiger partial charge on any atom is 0.332 e. The Hall–Kier alpha value is -3.67. The van der Waals surface area contributed by atoms with Crippen LogP contribution in [0.5, 0.6) is 5.75 Å². The summed E-state index contributed by atoms with van der Waals surface area (Å²) >= 11 is 0. The summed E-state index contributed by atoms with van der Waals surface area (Å²) in [6.45, 7) is 6.95. The summed E-state index contributed by atoms with van der Waals surface area (Å²) in [7, 11) is 4.21. The van der Waals surface area contributed by atoms with Crippen LogP contribution >= 0.6 is 0 Å². The smallest absolute Gasteiger partial charge is 0.332 e. The molecule has 2 N–H and O–H groups in total. The minimum atomic E-state index is -1.31. The molecule has 2 rings (SSSR count). The number of aliphatic hydroxyl groups excluding tert-OH is 1. The molecule has 12 heteroatoms. The number of hydrogen-bond donors (Lipinski definition) is 2. The maximum atomic E-state index is 13.6. The fourth-order valence-electron chi connectivity index (χ4n) is 4.92. The third-order valence-electron chi connectivity index (χ3n) is 7.31. The lowest BCUT2D eigenvalue weighted by Crippen LogP contribution is -2.58. The Morgan fingerprint density at radius 3 is 2.26 bits per heavy atom. The van der Waals surface area contributed by atoms with Crippen LogP contribution in [0, 0.1) is 5.92 Å². The molecular formula is C30H45N3O9. The van der Waals surface area contributed by atoms with E-state index in [0.29, 0.717) is 31.6 Å². The molecule has 3 amide bonds. The van der Waals surface area contributed by atoms with Gasteiger partial charge in [-0.25, -0.2) is 4.79 Å². The molecule has 0 unspecified atom stereocenters. The van der Waals surface area contributed by atoms with Crippen molar-refractivity contribution < 1.29 is 43.3 Å². The number of likely N-dealkylation sites (N-methyl/N-ethyl adjacent to an activating group) is 1. The molecule has 0 saturated carbocycles. The summed E-state index contributed by atoms with van der Waals surface area (Å²) < 4.78 is 15.5. The number of nitrogens with zero attached hydrogens (tertiary/aromatic N) is 2. The molecule has 0 spiro atoms. The average Bonchev–Trinajstić information content (AvgIpc) is 3.45. The van der Waals surface area contributed by atoms with Gasteiger partial charge < -0.3 is 34.4 Å². The summed E-state index contributed by atoms with van der Waals surface area (Å²) in [5, 5.41) is 12.4. The molecule has 234 valence electrons. The first-order valence-corrected chi connectivity index (χ1v) is 14.3. The van der Waals surface area contributed by atoms with Crippen molar-refractivity contribution in [3.8, 4) is 5.75 Å². The highest BCUT2D eigenvalue weighted by molar-refractivity contribution is 5.94. The lowest BCUT2D eigenvalue weighted by atomic mass is 10.00. The van der Waals surface area contributed by atoms with Crippen molar-refractivity contribution in [3.05, 3.63) is 29.8 Å². The molecule has 0 aromatic heterocycles. The Bertz CT molecular complexity index is 1090. The van der Waals surface area contributed by atoms with Crippen molar-refractivity contribution in [2.75, 3.05) is 27.8 Å². The number of likely N-dealkylation sites (tertiary alicyclic amines) is 1. The second kappa shape index (κ2) is 16.1. The lowest BCUT2D eigenvalue weighted by molar-refractivity contribution is -0.158. The number of carbonyl (C=O) groups is 5. The molecule has 0 bridgehead atoms. The van der Waals surface area contributed by atoms with Crippen molar-refractivity contribution in [2.45, 2.75) is 90.1 Å². The minimum absolute atomic E-state index is 0.000408. The molecule has 1 aliphatic heterocycles. The molecular weight excluding hydrogens is 546 g/mol. The van der Waals surface area contributed by atoms with E-state index in [-0.39, 0.29) is 18.8 Å². The van der Waals surface area contributed by atoms with Crippen LogP contribution in [0.25, 0.3) is 0 Å². The van der Waals surface area contributed by atoms with Crippen molar-refractivity contribution in [1.29, 1.82) is 0 Å². The van der Waals surface area contributed by atoms with Gasteiger partial charge in [-0.3, -0.25) is 19.2 Å². The van der Waals surface area contributed by atoms with Gasteiger partial charge >= 0.3 is 11.9 Å². The van der Waals surface area contributed by atoms with Crippen LogP contribution in [0.2, 0.25) is 0 Å². The van der Waals surface area contributed by atoms with Crippen LogP contribution in [0.15, 0.2) is 24.3 Å². The van der Waals surface area contributed by atoms with Gasteiger partial charge in [0.1, 0.15) is 30.0 Å². The summed E-state index contributed by atoms with van der Waals surface area (Å²) in [6, 6.07) is 4.15. The van der Waals surface area contributed by atoms with Gasteiger partial charge in [0.05, 0.1) is 14.2 Å². The van der Waals surface area contributed by atoms with Gasteiger partial charge in [-0.15, -0.1) is 0 Å². The zero-order chi connectivity index (χ0) is 31.6. The van der Waals surface area contributed by atoms with Crippen LogP contribution < -0.4 is 10.1 Å². The summed E-state index contributed by atoms with van der Waals surface area (Å²) in [5.74, 6) is -2.27. The van der Waals surface area contributed by atoms with Crippen molar-refractivity contribution >= 4 is 29.7 Å². The first kappa shape index (κ1) is 34.5. The zero-order valence-corrected chi connectivity index (χ0v) is 25.6. The molecule has 1 aliphatic rings. The largest absolute Gasteiger partial charge is 0.497 e. The van der Waals surface area contributed by atoms with Gasteiger partial charge in [0.15, 0.2) is 6.04 Å². The number of nitrogens with one attached hydrogen (secondary N) is 1. The normalized spacial score (nSPS) is 17.5. The van der Waals surface area contributed by atoms with Crippen LogP contribution in [-0.2, 0) is 39.9 Å². The summed E-state index contributed by atoms with van der Waals surface area (Å²) in [4.78, 5) is 67.4. The summed E-state index contributed by atoms with van der Waals surface area (Å²) in [6.07, 6.45) is -0.575. The van der Waals surface area contributed by atoms with E-state index in [2.05, 4.69) is 5.32 Å². The molecule has 1 saturated heterocycles. The number of amides is 3. The number of esters is 2. The fraction of sp³-hybridized carbons (Fsp3) is 0.633. The number of aliphatic hydroxyl groups is 1. The molecule has 0 aliphatic carbocycles. The minimum Gasteiger partial charge on any atom is -0.497 e. The molecule has 1 fully saturated rings. The molecule has 42 heavy (non-hydrogen) atoms. The fourth-order valence-corrected chi connectivity index (χ4v) is 4.92. The Balaban J connectivity index is 2.13. The van der Waals surface area contributed by atoms with E-state index in [9.17, 15) is 29.1 Å². The predicted molar refractivity (Wildman–Crippen MR) is 153 cm³/mol. The molecule has 12 nitrogen and oxygen atoms in total. The lowest BCUT2D eigenvalue weighted by Gasteiger charge is -2.34. The predicted octanol–water partition coefficient (Wildman–Crippen LogP) is 1.46. The van der Waals surface area contributed by atoms with Crippen molar-refractivity contribution in [1.82, 2.24) is 15.1 Å². The summed E-state index contributed by atoms with van der Waals surface area (Å²) in [5.41, 5.74) is 0.901.